The number of benzene rings is 1. The van der Waals surface area contributed by atoms with Crippen LogP contribution in [-0.2, 0) is 4.79 Å². The van der Waals surface area contributed by atoms with Crippen molar-refractivity contribution in [1.82, 2.24) is 0 Å². The molecule has 4 nitrogen and oxygen atoms in total. The van der Waals surface area contributed by atoms with Gasteiger partial charge in [0.15, 0.2) is 5.75 Å². The van der Waals surface area contributed by atoms with Crippen LogP contribution in [0, 0.1) is 0 Å². The van der Waals surface area contributed by atoms with Crippen molar-refractivity contribution in [3.8, 4) is 11.5 Å². The first-order chi connectivity index (χ1) is 5.59. The van der Waals surface area contributed by atoms with Crippen molar-refractivity contribution < 1.29 is 14.6 Å². The highest BCUT2D eigenvalue weighted by atomic mass is 16.5. The highest BCUT2D eigenvalue weighted by Crippen LogP contribution is 2.25. The molecule has 0 atom stereocenters. The highest BCUT2D eigenvalue weighted by Gasteiger charge is 2.02. The number of ether oxygens (including phenoxy) is 1. The Morgan fingerprint density at radius 3 is 2.75 bits per heavy atom. The Kier molecular flexibility index (Phi) is 2.19. The van der Waals surface area contributed by atoms with Gasteiger partial charge in [0.2, 0.25) is 0 Å². The molecular formula is C8H9NO3. The summed E-state index contributed by atoms with van der Waals surface area (Å²) in [4.78, 5) is 10.5. The Morgan fingerprint density at radius 2 is 2.25 bits per heavy atom. The first-order valence-electron chi connectivity index (χ1n) is 3.36. The van der Waals surface area contributed by atoms with Gasteiger partial charge in [-0.25, -0.2) is 0 Å². The lowest BCUT2D eigenvalue weighted by molar-refractivity contribution is -0.131. The predicted molar refractivity (Wildman–Crippen MR) is 43.8 cm³/mol. The number of rotatable bonds is 1. The van der Waals surface area contributed by atoms with E-state index in [0.29, 0.717) is 0 Å². The standard InChI is InChI=1S/C8H9NO3/c1-5(10)12-8-3-2-6(11)4-7(8)9/h2-4,11H,9H2,1H3. The molecule has 0 heterocycles. The first-order valence-corrected chi connectivity index (χ1v) is 3.36. The monoisotopic (exact) mass is 167 g/mol. The Balaban J connectivity index is 2.93. The van der Waals surface area contributed by atoms with Gasteiger partial charge in [0.05, 0.1) is 5.69 Å². The second kappa shape index (κ2) is 3.13. The number of hydrogen-bond donors (Lipinski definition) is 2. The second-order valence-electron chi connectivity index (χ2n) is 2.32. The van der Waals surface area contributed by atoms with E-state index in [0.717, 1.165) is 0 Å². The van der Waals surface area contributed by atoms with Crippen molar-refractivity contribution in [2.45, 2.75) is 6.92 Å². The lowest BCUT2D eigenvalue weighted by atomic mass is 10.3. The summed E-state index contributed by atoms with van der Waals surface area (Å²) in [6.07, 6.45) is 0. The zero-order valence-corrected chi connectivity index (χ0v) is 6.57. The molecule has 3 N–H and O–H groups in total. The normalized spacial score (nSPS) is 9.42. The molecule has 1 aromatic rings. The van der Waals surface area contributed by atoms with Gasteiger partial charge in [-0.05, 0) is 12.1 Å². The Labute approximate surface area is 69.6 Å². The maximum Gasteiger partial charge on any atom is 0.308 e. The summed E-state index contributed by atoms with van der Waals surface area (Å²) in [5.41, 5.74) is 5.67. The van der Waals surface area contributed by atoms with Crippen molar-refractivity contribution in [3.05, 3.63) is 18.2 Å². The van der Waals surface area contributed by atoms with E-state index in [1.807, 2.05) is 0 Å². The van der Waals surface area contributed by atoms with E-state index in [4.69, 9.17) is 15.6 Å². The quantitative estimate of drug-likeness (QED) is 0.370. The van der Waals surface area contributed by atoms with Crippen LogP contribution in [-0.4, -0.2) is 11.1 Å². The van der Waals surface area contributed by atoms with E-state index < -0.39 is 5.97 Å². The maximum atomic E-state index is 10.5. The lowest BCUT2D eigenvalue weighted by Crippen LogP contribution is -2.03. The molecule has 0 radical (unpaired) electrons. The smallest absolute Gasteiger partial charge is 0.308 e. The van der Waals surface area contributed by atoms with Crippen LogP contribution in [0.2, 0.25) is 0 Å². The van der Waals surface area contributed by atoms with E-state index in [-0.39, 0.29) is 17.2 Å². The largest absolute Gasteiger partial charge is 0.508 e. The number of hydrogen-bond acceptors (Lipinski definition) is 4. The maximum absolute atomic E-state index is 10.5. The van der Waals surface area contributed by atoms with Crippen LogP contribution in [0.5, 0.6) is 11.5 Å². The van der Waals surface area contributed by atoms with Gasteiger partial charge < -0.3 is 15.6 Å². The van der Waals surface area contributed by atoms with Crippen LogP contribution in [0.1, 0.15) is 6.92 Å². The Hall–Kier alpha value is -1.71. The summed E-state index contributed by atoms with van der Waals surface area (Å²) in [5, 5.41) is 8.95. The number of anilines is 1. The van der Waals surface area contributed by atoms with Gasteiger partial charge >= 0.3 is 5.97 Å². The lowest BCUT2D eigenvalue weighted by Gasteiger charge is -2.04. The zero-order valence-electron chi connectivity index (χ0n) is 6.57. The van der Waals surface area contributed by atoms with Gasteiger partial charge in [0.1, 0.15) is 5.75 Å². The molecular weight excluding hydrogens is 158 g/mol. The predicted octanol–water partition coefficient (Wildman–Crippen LogP) is 0.900. The van der Waals surface area contributed by atoms with Gasteiger partial charge in [-0.2, -0.15) is 0 Å². The molecule has 4 heteroatoms. The fourth-order valence-electron chi connectivity index (χ4n) is 0.784. The van der Waals surface area contributed by atoms with Crippen molar-refractivity contribution >= 4 is 11.7 Å². The number of esters is 1. The fourth-order valence-corrected chi connectivity index (χ4v) is 0.784. The molecule has 64 valence electrons. The van der Waals surface area contributed by atoms with Crippen LogP contribution in [0.15, 0.2) is 18.2 Å². The average Bonchev–Trinajstić information content (AvgIpc) is 1.94. The summed E-state index contributed by atoms with van der Waals surface area (Å²) in [6.45, 7) is 1.28. The number of phenols is 1. The van der Waals surface area contributed by atoms with Crippen molar-refractivity contribution in [2.75, 3.05) is 5.73 Å². The number of nitrogens with two attached hydrogens (primary N) is 1. The van der Waals surface area contributed by atoms with Crippen LogP contribution in [0.3, 0.4) is 0 Å². The van der Waals surface area contributed by atoms with E-state index in [1.54, 1.807) is 0 Å². The average molecular weight is 167 g/mol. The van der Waals surface area contributed by atoms with Crippen molar-refractivity contribution in [1.29, 1.82) is 0 Å². The van der Waals surface area contributed by atoms with Gasteiger partial charge in [0.25, 0.3) is 0 Å². The SMILES string of the molecule is CC(=O)Oc1ccc(O)cc1N. The molecule has 0 unspecified atom stereocenters. The molecule has 0 aromatic heterocycles. The summed E-state index contributed by atoms with van der Waals surface area (Å²) < 4.78 is 4.72. The minimum atomic E-state index is -0.438. The Bertz CT molecular complexity index is 309. The third kappa shape index (κ3) is 1.88. The minimum Gasteiger partial charge on any atom is -0.508 e. The number of phenolic OH excluding ortho intramolecular Hbond substituents is 1. The first kappa shape index (κ1) is 8.39. The third-order valence-corrected chi connectivity index (χ3v) is 1.25. The molecule has 0 fully saturated rings. The number of carbonyl (C=O) groups excluding carboxylic acids is 1. The van der Waals surface area contributed by atoms with Gasteiger partial charge in [0, 0.05) is 13.0 Å². The zero-order chi connectivity index (χ0) is 9.14. The summed E-state index contributed by atoms with van der Waals surface area (Å²) in [6, 6.07) is 4.15. The van der Waals surface area contributed by atoms with Crippen LogP contribution in [0.4, 0.5) is 5.69 Å². The van der Waals surface area contributed by atoms with Crippen LogP contribution in [0.25, 0.3) is 0 Å². The summed E-state index contributed by atoms with van der Waals surface area (Å²) in [7, 11) is 0. The highest BCUT2D eigenvalue weighted by molar-refractivity contribution is 5.72. The molecule has 0 saturated heterocycles. The van der Waals surface area contributed by atoms with Crippen LogP contribution < -0.4 is 10.5 Å². The van der Waals surface area contributed by atoms with E-state index in [9.17, 15) is 4.79 Å². The van der Waals surface area contributed by atoms with Crippen molar-refractivity contribution in [2.24, 2.45) is 0 Å². The molecule has 0 saturated carbocycles. The fraction of sp³-hybridized carbons (Fsp3) is 0.125. The van der Waals surface area contributed by atoms with Crippen LogP contribution >= 0.6 is 0 Å². The third-order valence-electron chi connectivity index (χ3n) is 1.25. The summed E-state index contributed by atoms with van der Waals surface area (Å²) in [5.74, 6) is -0.129. The van der Waals surface area contributed by atoms with Gasteiger partial charge in [-0.1, -0.05) is 0 Å². The van der Waals surface area contributed by atoms with E-state index >= 15 is 0 Å². The molecule has 0 aliphatic carbocycles. The Morgan fingerprint density at radius 1 is 1.58 bits per heavy atom. The van der Waals surface area contributed by atoms with E-state index in [1.165, 1.54) is 25.1 Å². The molecule has 0 aliphatic rings. The molecule has 12 heavy (non-hydrogen) atoms. The van der Waals surface area contributed by atoms with Gasteiger partial charge in [-0.15, -0.1) is 0 Å². The number of carbonyl (C=O) groups is 1. The molecule has 0 amide bonds. The number of nitrogen functional groups attached to an aromatic ring is 1. The second-order valence-corrected chi connectivity index (χ2v) is 2.32. The summed E-state index contributed by atoms with van der Waals surface area (Å²) >= 11 is 0. The molecule has 0 aliphatic heterocycles. The molecule has 1 rings (SSSR count). The molecule has 0 spiro atoms. The molecule has 0 bridgehead atoms. The van der Waals surface area contributed by atoms with E-state index in [2.05, 4.69) is 0 Å². The van der Waals surface area contributed by atoms with Gasteiger partial charge in [-0.3, -0.25) is 4.79 Å². The van der Waals surface area contributed by atoms with Crippen molar-refractivity contribution in [3.63, 3.8) is 0 Å². The number of aromatic hydroxyl groups is 1. The minimum absolute atomic E-state index is 0.0448. The molecule has 1 aromatic carbocycles. The topological polar surface area (TPSA) is 72.5 Å².